The van der Waals surface area contributed by atoms with Gasteiger partial charge in [-0.15, -0.1) is 0 Å². The van der Waals surface area contributed by atoms with E-state index in [0.717, 1.165) is 28.1 Å². The molecule has 0 atom stereocenters. The molecule has 5 aromatic rings. The summed E-state index contributed by atoms with van der Waals surface area (Å²) < 4.78 is 19.5. The van der Waals surface area contributed by atoms with Gasteiger partial charge in [0.15, 0.2) is 4.96 Å². The third-order valence-electron chi connectivity index (χ3n) is 5.77. The predicted octanol–water partition coefficient (Wildman–Crippen LogP) is 4.55. The fourth-order valence-corrected chi connectivity index (χ4v) is 4.79. The number of aryl methyl sites for hydroxylation is 2. The van der Waals surface area contributed by atoms with Crippen LogP contribution in [0.4, 0.5) is 0 Å². The molecule has 5 rings (SSSR count). The SMILES string of the molecule is Cc1ccc(OCCOCCOc2cccc(/C=c3/sc4nc5ccccc5n4c3=O)c2)cc1C. The number of hydrogen-bond acceptors (Lipinski definition) is 6. The first-order chi connectivity index (χ1) is 17.1. The number of ether oxygens (including phenoxy) is 3. The lowest BCUT2D eigenvalue weighted by molar-refractivity contribution is 0.0764. The quantitative estimate of drug-likeness (QED) is 0.286. The molecule has 0 aliphatic heterocycles. The van der Waals surface area contributed by atoms with E-state index in [1.165, 1.54) is 22.5 Å². The maximum Gasteiger partial charge on any atom is 0.274 e. The number of imidazole rings is 1. The van der Waals surface area contributed by atoms with Crippen molar-refractivity contribution in [2.24, 2.45) is 0 Å². The van der Waals surface area contributed by atoms with Crippen LogP contribution in [0.3, 0.4) is 0 Å². The first-order valence-electron chi connectivity index (χ1n) is 11.5. The molecule has 3 aromatic carbocycles. The molecule has 0 bridgehead atoms. The summed E-state index contributed by atoms with van der Waals surface area (Å²) in [5.41, 5.74) is 4.97. The molecule has 0 aliphatic rings. The minimum atomic E-state index is -0.0542. The maximum absolute atomic E-state index is 13.0. The lowest BCUT2D eigenvalue weighted by Crippen LogP contribution is -2.22. The van der Waals surface area contributed by atoms with Gasteiger partial charge in [-0.1, -0.05) is 41.7 Å². The highest BCUT2D eigenvalue weighted by atomic mass is 32.1. The van der Waals surface area contributed by atoms with Gasteiger partial charge in [0.05, 0.1) is 28.8 Å². The van der Waals surface area contributed by atoms with Crippen LogP contribution in [0, 0.1) is 13.8 Å². The lowest BCUT2D eigenvalue weighted by atomic mass is 10.1. The minimum Gasteiger partial charge on any atom is -0.491 e. The standard InChI is InChI=1S/C28H26N2O4S/c1-19-10-11-23(16-20(19)2)34-15-13-32-12-14-33-22-7-5-6-21(17-22)18-26-27(31)30-25-9-4-3-8-24(25)29-28(30)35-26/h3-11,16-18H,12-15H2,1-2H3/b26-18+. The average molecular weight is 487 g/mol. The molecule has 0 unspecified atom stereocenters. The van der Waals surface area contributed by atoms with Gasteiger partial charge in [0, 0.05) is 0 Å². The summed E-state index contributed by atoms with van der Waals surface area (Å²) in [6.45, 7) is 6.03. The first kappa shape index (κ1) is 23.1. The van der Waals surface area contributed by atoms with Crippen molar-refractivity contribution in [3.63, 3.8) is 0 Å². The average Bonchev–Trinajstić information content (AvgIpc) is 3.37. The number of aromatic nitrogens is 2. The van der Waals surface area contributed by atoms with Crippen LogP contribution in [-0.2, 0) is 4.74 Å². The number of fused-ring (bicyclic) bond motifs is 3. The van der Waals surface area contributed by atoms with Crippen molar-refractivity contribution in [2.45, 2.75) is 13.8 Å². The van der Waals surface area contributed by atoms with Crippen molar-refractivity contribution in [2.75, 3.05) is 26.4 Å². The Balaban J connectivity index is 1.15. The van der Waals surface area contributed by atoms with Crippen LogP contribution >= 0.6 is 11.3 Å². The van der Waals surface area contributed by atoms with E-state index in [9.17, 15) is 4.79 Å². The molecular weight excluding hydrogens is 460 g/mol. The number of hydrogen-bond donors (Lipinski definition) is 0. The summed E-state index contributed by atoms with van der Waals surface area (Å²) in [7, 11) is 0. The second kappa shape index (κ2) is 10.3. The van der Waals surface area contributed by atoms with E-state index in [0.29, 0.717) is 35.9 Å². The Labute approximate surface area is 207 Å². The van der Waals surface area contributed by atoms with Crippen molar-refractivity contribution in [1.29, 1.82) is 0 Å². The summed E-state index contributed by atoms with van der Waals surface area (Å²) in [4.78, 5) is 18.2. The monoisotopic (exact) mass is 486 g/mol. The maximum atomic E-state index is 13.0. The van der Waals surface area contributed by atoms with E-state index in [1.807, 2.05) is 66.7 Å². The van der Waals surface area contributed by atoms with Crippen LogP contribution in [0.2, 0.25) is 0 Å². The molecule has 0 spiro atoms. The van der Waals surface area contributed by atoms with E-state index in [1.54, 1.807) is 4.40 Å². The Morgan fingerprint density at radius 3 is 2.43 bits per heavy atom. The van der Waals surface area contributed by atoms with Crippen LogP contribution < -0.4 is 19.6 Å². The molecule has 0 saturated carbocycles. The highest BCUT2D eigenvalue weighted by Gasteiger charge is 2.10. The summed E-state index contributed by atoms with van der Waals surface area (Å²) in [5, 5.41) is 0. The van der Waals surface area contributed by atoms with Gasteiger partial charge in [-0.25, -0.2) is 9.38 Å². The second-order valence-electron chi connectivity index (χ2n) is 8.26. The van der Waals surface area contributed by atoms with Crippen LogP contribution in [0.15, 0.2) is 71.5 Å². The summed E-state index contributed by atoms with van der Waals surface area (Å²) in [5.74, 6) is 1.59. The zero-order chi connectivity index (χ0) is 24.2. The van der Waals surface area contributed by atoms with E-state index >= 15 is 0 Å². The number of thiazole rings is 1. The van der Waals surface area contributed by atoms with Crippen molar-refractivity contribution in [1.82, 2.24) is 9.38 Å². The minimum absolute atomic E-state index is 0.0542. The van der Waals surface area contributed by atoms with Crippen molar-refractivity contribution in [3.05, 3.63) is 98.3 Å². The van der Waals surface area contributed by atoms with Crippen molar-refractivity contribution >= 4 is 33.4 Å². The molecule has 35 heavy (non-hydrogen) atoms. The van der Waals surface area contributed by atoms with Gasteiger partial charge in [0.1, 0.15) is 24.7 Å². The molecular formula is C28H26N2O4S. The van der Waals surface area contributed by atoms with Gasteiger partial charge in [-0.2, -0.15) is 0 Å². The molecule has 7 heteroatoms. The lowest BCUT2D eigenvalue weighted by Gasteiger charge is -2.10. The van der Waals surface area contributed by atoms with Gasteiger partial charge in [0.2, 0.25) is 0 Å². The third-order valence-corrected chi connectivity index (χ3v) is 6.74. The van der Waals surface area contributed by atoms with Crippen LogP contribution in [-0.4, -0.2) is 35.8 Å². The Morgan fingerprint density at radius 2 is 1.63 bits per heavy atom. The van der Waals surface area contributed by atoms with E-state index in [-0.39, 0.29) is 5.56 Å². The van der Waals surface area contributed by atoms with Crippen LogP contribution in [0.1, 0.15) is 16.7 Å². The van der Waals surface area contributed by atoms with E-state index < -0.39 is 0 Å². The number of nitrogens with zero attached hydrogens (tertiary/aromatic N) is 2. The molecule has 0 fully saturated rings. The van der Waals surface area contributed by atoms with Crippen LogP contribution in [0.25, 0.3) is 22.1 Å². The van der Waals surface area contributed by atoms with Gasteiger partial charge in [-0.3, -0.25) is 4.79 Å². The largest absolute Gasteiger partial charge is 0.491 e. The fraction of sp³-hybridized carbons (Fsp3) is 0.214. The fourth-order valence-electron chi connectivity index (χ4n) is 3.80. The first-order valence-corrected chi connectivity index (χ1v) is 12.3. The molecule has 0 N–H and O–H groups in total. The Kier molecular flexibility index (Phi) is 6.79. The highest BCUT2D eigenvalue weighted by Crippen LogP contribution is 2.18. The second-order valence-corrected chi connectivity index (χ2v) is 9.27. The zero-order valence-corrected chi connectivity index (χ0v) is 20.5. The Hall–Kier alpha value is -3.68. The van der Waals surface area contributed by atoms with Crippen LogP contribution in [0.5, 0.6) is 11.5 Å². The van der Waals surface area contributed by atoms with Crippen molar-refractivity contribution in [3.8, 4) is 11.5 Å². The third kappa shape index (κ3) is 5.21. The van der Waals surface area contributed by atoms with Gasteiger partial charge >= 0.3 is 0 Å². The zero-order valence-electron chi connectivity index (χ0n) is 19.7. The summed E-state index contributed by atoms with van der Waals surface area (Å²) >= 11 is 1.39. The summed E-state index contributed by atoms with van der Waals surface area (Å²) in [6, 6.07) is 21.4. The molecule has 0 aliphatic carbocycles. The molecule has 0 amide bonds. The molecule has 6 nitrogen and oxygen atoms in total. The summed E-state index contributed by atoms with van der Waals surface area (Å²) in [6.07, 6.45) is 1.88. The smallest absolute Gasteiger partial charge is 0.274 e. The highest BCUT2D eigenvalue weighted by molar-refractivity contribution is 7.15. The Morgan fingerprint density at radius 1 is 0.857 bits per heavy atom. The Bertz CT molecular complexity index is 1590. The van der Waals surface area contributed by atoms with Gasteiger partial charge < -0.3 is 14.2 Å². The molecule has 2 aromatic heterocycles. The van der Waals surface area contributed by atoms with Gasteiger partial charge in [0.25, 0.3) is 5.56 Å². The molecule has 0 radical (unpaired) electrons. The molecule has 2 heterocycles. The van der Waals surface area contributed by atoms with Crippen molar-refractivity contribution < 1.29 is 14.2 Å². The van der Waals surface area contributed by atoms with Gasteiger partial charge in [-0.05, 0) is 73.0 Å². The molecule has 178 valence electrons. The normalized spacial score (nSPS) is 12.0. The molecule has 0 saturated heterocycles. The number of benzene rings is 3. The number of rotatable bonds is 9. The number of para-hydroxylation sites is 2. The van der Waals surface area contributed by atoms with E-state index in [4.69, 9.17) is 14.2 Å². The topological polar surface area (TPSA) is 62.1 Å². The van der Waals surface area contributed by atoms with E-state index in [2.05, 4.69) is 24.9 Å². The predicted molar refractivity (Wildman–Crippen MR) is 140 cm³/mol.